The Morgan fingerprint density at radius 1 is 1.00 bits per heavy atom. The highest BCUT2D eigenvalue weighted by molar-refractivity contribution is 6.30. The van der Waals surface area contributed by atoms with Crippen molar-refractivity contribution in [2.75, 3.05) is 5.32 Å². The summed E-state index contributed by atoms with van der Waals surface area (Å²) in [5.41, 5.74) is 4.94. The predicted octanol–water partition coefficient (Wildman–Crippen LogP) is 4.47. The van der Waals surface area contributed by atoms with Crippen LogP contribution < -0.4 is 5.32 Å². The van der Waals surface area contributed by atoms with E-state index in [1.54, 1.807) is 0 Å². The third kappa shape index (κ3) is 2.36. The Morgan fingerprint density at radius 2 is 1.90 bits per heavy atom. The van der Waals surface area contributed by atoms with E-state index in [1.165, 1.54) is 16.5 Å². The lowest BCUT2D eigenvalue weighted by Gasteiger charge is -2.15. The van der Waals surface area contributed by atoms with Crippen LogP contribution in [-0.2, 0) is 12.8 Å². The maximum atomic E-state index is 6.08. The van der Waals surface area contributed by atoms with E-state index in [4.69, 9.17) is 11.6 Å². The molecular formula is C18H15ClN2. The molecule has 0 amide bonds. The van der Waals surface area contributed by atoms with Crippen LogP contribution in [0.25, 0.3) is 10.9 Å². The number of anilines is 1. The van der Waals surface area contributed by atoms with E-state index in [0.717, 1.165) is 29.1 Å². The summed E-state index contributed by atoms with van der Waals surface area (Å²) in [5.74, 6) is 0. The second-order valence-corrected chi connectivity index (χ2v) is 5.97. The number of hydrogen-bond donors (Lipinski definition) is 1. The second kappa shape index (κ2) is 5.05. The summed E-state index contributed by atoms with van der Waals surface area (Å²) in [6, 6.07) is 16.9. The van der Waals surface area contributed by atoms with Gasteiger partial charge in [-0.15, -0.1) is 0 Å². The van der Waals surface area contributed by atoms with Gasteiger partial charge in [0, 0.05) is 28.3 Å². The third-order valence-corrected chi connectivity index (χ3v) is 4.34. The van der Waals surface area contributed by atoms with Crippen molar-refractivity contribution in [3.8, 4) is 0 Å². The number of hydrogen-bond acceptors (Lipinski definition) is 2. The number of nitrogens with one attached hydrogen (secondary N) is 1. The van der Waals surface area contributed by atoms with E-state index in [1.807, 2.05) is 24.4 Å². The van der Waals surface area contributed by atoms with Crippen LogP contribution in [0.15, 0.2) is 54.7 Å². The lowest BCUT2D eigenvalue weighted by molar-refractivity contribution is 0.775. The molecule has 0 spiro atoms. The molecule has 2 aromatic carbocycles. The third-order valence-electron chi connectivity index (χ3n) is 4.11. The zero-order valence-electron chi connectivity index (χ0n) is 11.5. The molecule has 21 heavy (non-hydrogen) atoms. The van der Waals surface area contributed by atoms with Crippen molar-refractivity contribution < 1.29 is 0 Å². The van der Waals surface area contributed by atoms with E-state index >= 15 is 0 Å². The van der Waals surface area contributed by atoms with Gasteiger partial charge in [0.2, 0.25) is 0 Å². The van der Waals surface area contributed by atoms with Crippen LogP contribution in [0.2, 0.25) is 5.02 Å². The van der Waals surface area contributed by atoms with E-state index in [2.05, 4.69) is 40.6 Å². The van der Waals surface area contributed by atoms with Crippen molar-refractivity contribution >= 4 is 28.2 Å². The molecule has 4 rings (SSSR count). The van der Waals surface area contributed by atoms with E-state index in [9.17, 15) is 0 Å². The average molecular weight is 295 g/mol. The molecule has 1 unspecified atom stereocenters. The topological polar surface area (TPSA) is 24.9 Å². The van der Waals surface area contributed by atoms with Gasteiger partial charge in [-0.3, -0.25) is 4.98 Å². The molecule has 0 saturated heterocycles. The molecule has 104 valence electrons. The summed E-state index contributed by atoms with van der Waals surface area (Å²) in [4.78, 5) is 4.41. The first kappa shape index (κ1) is 12.7. The molecule has 0 fully saturated rings. The van der Waals surface area contributed by atoms with Gasteiger partial charge in [0.1, 0.15) is 0 Å². The highest BCUT2D eigenvalue weighted by atomic mass is 35.5. The number of fused-ring (bicyclic) bond motifs is 2. The van der Waals surface area contributed by atoms with Gasteiger partial charge in [0.15, 0.2) is 0 Å². The molecule has 1 aliphatic carbocycles. The first-order chi connectivity index (χ1) is 10.3. The van der Waals surface area contributed by atoms with Crippen LogP contribution in [0.5, 0.6) is 0 Å². The Bertz CT molecular complexity index is 808. The zero-order valence-corrected chi connectivity index (χ0v) is 12.3. The average Bonchev–Trinajstić information content (AvgIpc) is 2.89. The zero-order chi connectivity index (χ0) is 14.2. The number of aromatic nitrogens is 1. The fraction of sp³-hybridized carbons (Fsp3) is 0.167. The van der Waals surface area contributed by atoms with Crippen molar-refractivity contribution in [2.24, 2.45) is 0 Å². The molecule has 0 aliphatic heterocycles. The Kier molecular flexibility index (Phi) is 3.04. The maximum absolute atomic E-state index is 6.08. The van der Waals surface area contributed by atoms with Crippen molar-refractivity contribution in [3.05, 3.63) is 70.9 Å². The van der Waals surface area contributed by atoms with Gasteiger partial charge in [0.25, 0.3) is 0 Å². The molecule has 0 saturated carbocycles. The standard InChI is InChI=1S/C18H15ClN2/c19-14-7-6-12-10-15(11-13(12)9-14)21-18-5-1-4-17-16(18)3-2-8-20-17/h1-9,15,21H,10-11H2. The van der Waals surface area contributed by atoms with Crippen molar-refractivity contribution in [3.63, 3.8) is 0 Å². The highest BCUT2D eigenvalue weighted by Gasteiger charge is 2.21. The van der Waals surface area contributed by atoms with Gasteiger partial charge < -0.3 is 5.32 Å². The molecular weight excluding hydrogens is 280 g/mol. The number of pyridine rings is 1. The van der Waals surface area contributed by atoms with E-state index < -0.39 is 0 Å². The van der Waals surface area contributed by atoms with Crippen LogP contribution in [0.4, 0.5) is 5.69 Å². The molecule has 1 N–H and O–H groups in total. The lowest BCUT2D eigenvalue weighted by atomic mass is 10.1. The van der Waals surface area contributed by atoms with Gasteiger partial charge in [-0.05, 0) is 60.4 Å². The van der Waals surface area contributed by atoms with Gasteiger partial charge in [0.05, 0.1) is 5.52 Å². The Hall–Kier alpha value is -2.06. The quantitative estimate of drug-likeness (QED) is 0.754. The smallest absolute Gasteiger partial charge is 0.0722 e. The first-order valence-corrected chi connectivity index (χ1v) is 7.55. The van der Waals surface area contributed by atoms with Gasteiger partial charge >= 0.3 is 0 Å². The van der Waals surface area contributed by atoms with Crippen LogP contribution in [-0.4, -0.2) is 11.0 Å². The predicted molar refractivity (Wildman–Crippen MR) is 88.0 cm³/mol. The summed E-state index contributed by atoms with van der Waals surface area (Å²) in [5, 5.41) is 5.67. The summed E-state index contributed by atoms with van der Waals surface area (Å²) in [6.07, 6.45) is 3.90. The highest BCUT2D eigenvalue weighted by Crippen LogP contribution is 2.29. The van der Waals surface area contributed by atoms with Crippen LogP contribution in [0.1, 0.15) is 11.1 Å². The minimum Gasteiger partial charge on any atom is -0.381 e. The fourth-order valence-corrected chi connectivity index (χ4v) is 3.33. The lowest BCUT2D eigenvalue weighted by Crippen LogP contribution is -2.19. The monoisotopic (exact) mass is 294 g/mol. The molecule has 2 nitrogen and oxygen atoms in total. The summed E-state index contributed by atoms with van der Waals surface area (Å²) >= 11 is 6.08. The number of rotatable bonds is 2. The minimum atomic E-state index is 0.421. The summed E-state index contributed by atoms with van der Waals surface area (Å²) in [6.45, 7) is 0. The Balaban J connectivity index is 1.62. The molecule has 1 heterocycles. The minimum absolute atomic E-state index is 0.421. The molecule has 1 aromatic heterocycles. The first-order valence-electron chi connectivity index (χ1n) is 7.17. The Labute approximate surface area is 128 Å². The molecule has 1 atom stereocenters. The van der Waals surface area contributed by atoms with Gasteiger partial charge in [-0.1, -0.05) is 23.7 Å². The van der Waals surface area contributed by atoms with E-state index in [0.29, 0.717) is 6.04 Å². The molecule has 3 heteroatoms. The fourth-order valence-electron chi connectivity index (χ4n) is 3.14. The number of nitrogens with zero attached hydrogens (tertiary/aromatic N) is 1. The molecule has 1 aliphatic rings. The van der Waals surface area contributed by atoms with Gasteiger partial charge in [-0.25, -0.2) is 0 Å². The van der Waals surface area contributed by atoms with Crippen molar-refractivity contribution in [1.82, 2.24) is 4.98 Å². The largest absolute Gasteiger partial charge is 0.381 e. The summed E-state index contributed by atoms with van der Waals surface area (Å²) < 4.78 is 0. The molecule has 3 aromatic rings. The number of benzene rings is 2. The van der Waals surface area contributed by atoms with Crippen molar-refractivity contribution in [1.29, 1.82) is 0 Å². The van der Waals surface area contributed by atoms with Crippen LogP contribution in [0, 0.1) is 0 Å². The normalized spacial score (nSPS) is 16.9. The Morgan fingerprint density at radius 3 is 2.86 bits per heavy atom. The van der Waals surface area contributed by atoms with E-state index in [-0.39, 0.29) is 0 Å². The van der Waals surface area contributed by atoms with Crippen LogP contribution >= 0.6 is 11.6 Å². The maximum Gasteiger partial charge on any atom is 0.0722 e. The van der Waals surface area contributed by atoms with Crippen molar-refractivity contribution in [2.45, 2.75) is 18.9 Å². The number of halogens is 1. The molecule has 0 radical (unpaired) electrons. The molecule has 0 bridgehead atoms. The summed E-state index contributed by atoms with van der Waals surface area (Å²) in [7, 11) is 0. The van der Waals surface area contributed by atoms with Gasteiger partial charge in [-0.2, -0.15) is 0 Å². The second-order valence-electron chi connectivity index (χ2n) is 5.54. The van der Waals surface area contributed by atoms with Crippen LogP contribution in [0.3, 0.4) is 0 Å². The SMILES string of the molecule is Clc1ccc2c(c1)CC(Nc1cccc3ncccc13)C2.